The molecule has 20 heavy (non-hydrogen) atoms. The zero-order chi connectivity index (χ0) is 13.5. The predicted molar refractivity (Wildman–Crippen MR) is 91.6 cm³/mol. The maximum Gasteiger partial charge on any atom is 0.0289 e. The van der Waals surface area contributed by atoms with E-state index in [-0.39, 0.29) is 0 Å². The number of fused-ring (bicyclic) bond motifs is 5. The van der Waals surface area contributed by atoms with Gasteiger partial charge in [-0.15, -0.1) is 0 Å². The Balaban J connectivity index is 2.30. The minimum absolute atomic E-state index is 0.882. The Morgan fingerprint density at radius 1 is 0.600 bits per heavy atom. The van der Waals surface area contributed by atoms with Gasteiger partial charge in [-0.2, -0.15) is 0 Å². The van der Waals surface area contributed by atoms with E-state index in [1.54, 1.807) is 0 Å². The second kappa shape index (κ2) is 4.60. The van der Waals surface area contributed by atoms with E-state index >= 15 is 0 Å². The number of benzene rings is 4. The van der Waals surface area contributed by atoms with Crippen molar-refractivity contribution in [1.29, 1.82) is 0 Å². The van der Waals surface area contributed by atoms with Crippen molar-refractivity contribution in [2.24, 2.45) is 0 Å². The Bertz CT molecular complexity index is 938. The molecule has 0 heterocycles. The second-order valence-corrected chi connectivity index (χ2v) is 5.66. The summed E-state index contributed by atoms with van der Waals surface area (Å²) in [6.07, 6.45) is 0. The van der Waals surface area contributed by atoms with Crippen molar-refractivity contribution in [3.05, 3.63) is 72.3 Å². The molecule has 4 rings (SSSR count). The highest BCUT2D eigenvalue weighted by Gasteiger charge is 2.07. The summed E-state index contributed by atoms with van der Waals surface area (Å²) >= 11 is 3.63. The Morgan fingerprint density at radius 3 is 2.05 bits per heavy atom. The molecule has 0 aromatic heterocycles. The molecule has 1 heteroatoms. The van der Waals surface area contributed by atoms with Gasteiger partial charge < -0.3 is 0 Å². The number of alkyl halides is 1. The lowest BCUT2D eigenvalue weighted by molar-refractivity contribution is 1.52. The largest absolute Gasteiger partial charge is 0.0876 e. The van der Waals surface area contributed by atoms with E-state index in [4.69, 9.17) is 0 Å². The molecule has 0 spiro atoms. The molecular formula is C19H13Br. The van der Waals surface area contributed by atoms with Crippen LogP contribution in [0, 0.1) is 0 Å². The monoisotopic (exact) mass is 320 g/mol. The van der Waals surface area contributed by atoms with Gasteiger partial charge in [-0.25, -0.2) is 0 Å². The van der Waals surface area contributed by atoms with Gasteiger partial charge in [0.2, 0.25) is 0 Å². The van der Waals surface area contributed by atoms with Crippen molar-refractivity contribution in [3.8, 4) is 0 Å². The van der Waals surface area contributed by atoms with Gasteiger partial charge in [0.25, 0.3) is 0 Å². The summed E-state index contributed by atoms with van der Waals surface area (Å²) in [4.78, 5) is 0. The maximum absolute atomic E-state index is 3.63. The first-order chi connectivity index (χ1) is 9.88. The van der Waals surface area contributed by atoms with Gasteiger partial charge in [0.05, 0.1) is 0 Å². The molecule has 0 aliphatic rings. The lowest BCUT2D eigenvalue weighted by Gasteiger charge is -2.11. The van der Waals surface area contributed by atoms with E-state index in [0.717, 1.165) is 5.33 Å². The van der Waals surface area contributed by atoms with E-state index in [2.05, 4.69) is 82.7 Å². The molecule has 0 radical (unpaired) electrons. The first-order valence-corrected chi connectivity index (χ1v) is 7.89. The third kappa shape index (κ3) is 1.66. The van der Waals surface area contributed by atoms with E-state index in [9.17, 15) is 0 Å². The lowest BCUT2D eigenvalue weighted by Crippen LogP contribution is -1.86. The van der Waals surface area contributed by atoms with Crippen LogP contribution in [0.15, 0.2) is 66.7 Å². The number of hydrogen-bond donors (Lipinski definition) is 0. The minimum Gasteiger partial charge on any atom is -0.0876 e. The normalized spacial score (nSPS) is 11.4. The van der Waals surface area contributed by atoms with Gasteiger partial charge in [0.1, 0.15) is 0 Å². The van der Waals surface area contributed by atoms with Crippen LogP contribution >= 0.6 is 15.9 Å². The van der Waals surface area contributed by atoms with Crippen LogP contribution in [-0.2, 0) is 5.33 Å². The molecule has 0 amide bonds. The van der Waals surface area contributed by atoms with Crippen molar-refractivity contribution in [2.45, 2.75) is 5.33 Å². The standard InChI is InChI=1S/C19H13Br/c20-12-14-11-19-15-6-2-1-5-13(15)9-10-18(19)17-8-4-3-7-16(14)17/h1-11H,12H2. The summed E-state index contributed by atoms with van der Waals surface area (Å²) in [6.45, 7) is 0. The van der Waals surface area contributed by atoms with Crippen molar-refractivity contribution in [1.82, 2.24) is 0 Å². The van der Waals surface area contributed by atoms with Crippen molar-refractivity contribution < 1.29 is 0 Å². The molecule has 0 aliphatic heterocycles. The summed E-state index contributed by atoms with van der Waals surface area (Å²) in [5, 5.41) is 8.87. The van der Waals surface area contributed by atoms with Crippen LogP contribution in [-0.4, -0.2) is 0 Å². The van der Waals surface area contributed by atoms with Crippen LogP contribution in [0.1, 0.15) is 5.56 Å². The van der Waals surface area contributed by atoms with Crippen LogP contribution in [0.3, 0.4) is 0 Å². The van der Waals surface area contributed by atoms with Gasteiger partial charge >= 0.3 is 0 Å². The average Bonchev–Trinajstić information content (AvgIpc) is 2.53. The molecule has 0 nitrogen and oxygen atoms in total. The van der Waals surface area contributed by atoms with Crippen LogP contribution in [0.25, 0.3) is 32.3 Å². The molecule has 4 aromatic rings. The minimum atomic E-state index is 0.882. The summed E-state index contributed by atoms with van der Waals surface area (Å²) in [7, 11) is 0. The molecule has 0 N–H and O–H groups in total. The van der Waals surface area contributed by atoms with Crippen LogP contribution < -0.4 is 0 Å². The molecule has 0 unspecified atom stereocenters. The number of halogens is 1. The Hall–Kier alpha value is -1.86. The third-order valence-electron chi connectivity index (χ3n) is 4.00. The van der Waals surface area contributed by atoms with Crippen LogP contribution in [0.4, 0.5) is 0 Å². The number of hydrogen-bond acceptors (Lipinski definition) is 0. The topological polar surface area (TPSA) is 0 Å². The van der Waals surface area contributed by atoms with E-state index in [1.165, 1.54) is 37.9 Å². The highest BCUT2D eigenvalue weighted by atomic mass is 79.9. The fourth-order valence-corrected chi connectivity index (χ4v) is 3.51. The molecule has 0 saturated carbocycles. The van der Waals surface area contributed by atoms with Gasteiger partial charge in [0, 0.05) is 5.33 Å². The Kier molecular flexibility index (Phi) is 2.75. The zero-order valence-electron chi connectivity index (χ0n) is 10.9. The number of rotatable bonds is 1. The molecule has 0 aliphatic carbocycles. The third-order valence-corrected chi connectivity index (χ3v) is 4.60. The zero-order valence-corrected chi connectivity index (χ0v) is 12.5. The molecule has 0 fully saturated rings. The van der Waals surface area contributed by atoms with Crippen LogP contribution in [0.2, 0.25) is 0 Å². The molecule has 0 saturated heterocycles. The summed E-state index contributed by atoms with van der Waals surface area (Å²) in [6, 6.07) is 24.1. The molecule has 4 aromatic carbocycles. The van der Waals surface area contributed by atoms with Gasteiger partial charge in [-0.1, -0.05) is 76.6 Å². The second-order valence-electron chi connectivity index (χ2n) is 5.10. The molecular weight excluding hydrogens is 308 g/mol. The van der Waals surface area contributed by atoms with E-state index < -0.39 is 0 Å². The van der Waals surface area contributed by atoms with Crippen molar-refractivity contribution in [2.75, 3.05) is 0 Å². The van der Waals surface area contributed by atoms with Crippen LogP contribution in [0.5, 0.6) is 0 Å². The highest BCUT2D eigenvalue weighted by molar-refractivity contribution is 9.08. The molecule has 0 bridgehead atoms. The predicted octanol–water partition coefficient (Wildman–Crippen LogP) is 6.04. The van der Waals surface area contributed by atoms with Crippen molar-refractivity contribution >= 4 is 48.2 Å². The smallest absolute Gasteiger partial charge is 0.0289 e. The quantitative estimate of drug-likeness (QED) is 0.296. The summed E-state index contributed by atoms with van der Waals surface area (Å²) in [5.41, 5.74) is 1.35. The lowest BCUT2D eigenvalue weighted by atomic mass is 9.94. The first kappa shape index (κ1) is 11.9. The highest BCUT2D eigenvalue weighted by Crippen LogP contribution is 2.34. The Morgan fingerprint density at radius 2 is 1.25 bits per heavy atom. The maximum atomic E-state index is 3.63. The van der Waals surface area contributed by atoms with Gasteiger partial charge in [-0.05, 0) is 43.9 Å². The molecule has 96 valence electrons. The summed E-state index contributed by atoms with van der Waals surface area (Å²) < 4.78 is 0. The molecule has 0 atom stereocenters. The van der Waals surface area contributed by atoms with E-state index in [1.807, 2.05) is 0 Å². The SMILES string of the molecule is BrCc1cc2c3ccccc3ccc2c2ccccc12. The van der Waals surface area contributed by atoms with E-state index in [0.29, 0.717) is 0 Å². The fourth-order valence-electron chi connectivity index (χ4n) is 3.05. The Labute approximate surface area is 126 Å². The fraction of sp³-hybridized carbons (Fsp3) is 0.0526. The average molecular weight is 321 g/mol. The van der Waals surface area contributed by atoms with Crippen molar-refractivity contribution in [3.63, 3.8) is 0 Å². The first-order valence-electron chi connectivity index (χ1n) is 6.76. The summed E-state index contributed by atoms with van der Waals surface area (Å²) in [5.74, 6) is 0. The van der Waals surface area contributed by atoms with Gasteiger partial charge in [-0.3, -0.25) is 0 Å². The van der Waals surface area contributed by atoms with Gasteiger partial charge in [0.15, 0.2) is 0 Å².